The lowest BCUT2D eigenvalue weighted by atomic mass is 9.99. The van der Waals surface area contributed by atoms with Crippen LogP contribution in [0.25, 0.3) is 16.6 Å². The number of nitrogens with one attached hydrogen (secondary N) is 3. The first kappa shape index (κ1) is 16.5. The van der Waals surface area contributed by atoms with Gasteiger partial charge in [-0.1, -0.05) is 36.4 Å². The minimum atomic E-state index is -0.611. The summed E-state index contributed by atoms with van der Waals surface area (Å²) in [6.45, 7) is 0. The summed E-state index contributed by atoms with van der Waals surface area (Å²) in [6.07, 6.45) is 1.69. The molecule has 0 bridgehead atoms. The smallest absolute Gasteiger partial charge is 0.290 e. The number of hydrogen-bond acceptors (Lipinski definition) is 6. The first-order chi connectivity index (χ1) is 13.1. The van der Waals surface area contributed by atoms with Crippen LogP contribution < -0.4 is 16.5 Å². The number of rotatable bonds is 3. The van der Waals surface area contributed by atoms with Gasteiger partial charge in [-0.25, -0.2) is 5.43 Å². The van der Waals surface area contributed by atoms with Crippen LogP contribution in [-0.2, 0) is 4.79 Å². The molecule has 1 aromatic heterocycles. The molecule has 1 aliphatic heterocycles. The Kier molecular flexibility index (Phi) is 4.10. The molecule has 0 aliphatic carbocycles. The van der Waals surface area contributed by atoms with Gasteiger partial charge in [0.25, 0.3) is 5.91 Å². The number of anilines is 1. The zero-order valence-corrected chi connectivity index (χ0v) is 14.2. The van der Waals surface area contributed by atoms with Gasteiger partial charge in [-0.2, -0.15) is 5.10 Å². The lowest BCUT2D eigenvalue weighted by molar-refractivity contribution is -0.114. The van der Waals surface area contributed by atoms with Crippen LogP contribution in [0.3, 0.4) is 0 Å². The van der Waals surface area contributed by atoms with Gasteiger partial charge < -0.3 is 11.1 Å². The fourth-order valence-electron chi connectivity index (χ4n) is 2.87. The molecule has 0 unspecified atom stereocenters. The lowest BCUT2D eigenvalue weighted by Crippen LogP contribution is -2.40. The van der Waals surface area contributed by atoms with Crippen molar-refractivity contribution in [1.29, 1.82) is 5.41 Å². The average Bonchev–Trinajstić information content (AvgIpc) is 2.71. The Hall–Kier alpha value is -4.00. The Bertz CT molecular complexity index is 1120. The van der Waals surface area contributed by atoms with E-state index < -0.39 is 5.91 Å². The zero-order chi connectivity index (χ0) is 18.8. The number of amidine groups is 1. The molecule has 0 atom stereocenters. The van der Waals surface area contributed by atoms with Crippen LogP contribution in [0.15, 0.2) is 77.5 Å². The molecule has 1 amide bonds. The molecule has 5 N–H and O–H groups in total. The summed E-state index contributed by atoms with van der Waals surface area (Å²) >= 11 is 0. The van der Waals surface area contributed by atoms with E-state index in [0.717, 1.165) is 16.6 Å². The number of amides is 1. The maximum Gasteiger partial charge on any atom is 0.290 e. The van der Waals surface area contributed by atoms with Crippen molar-refractivity contribution in [3.8, 4) is 0 Å². The number of benzene rings is 2. The number of pyridine rings is 1. The minimum Gasteiger partial charge on any atom is -0.382 e. The van der Waals surface area contributed by atoms with Gasteiger partial charge in [-0.05, 0) is 24.3 Å². The second-order valence-corrected chi connectivity index (χ2v) is 5.97. The fraction of sp³-hybridized carbons (Fsp3) is 0. The van der Waals surface area contributed by atoms with E-state index in [4.69, 9.17) is 11.1 Å². The van der Waals surface area contributed by atoms with E-state index in [2.05, 4.69) is 20.8 Å². The van der Waals surface area contributed by atoms with Gasteiger partial charge in [-0.3, -0.25) is 15.2 Å². The molecule has 0 spiro atoms. The van der Waals surface area contributed by atoms with E-state index >= 15 is 0 Å². The van der Waals surface area contributed by atoms with Crippen LogP contribution in [0.2, 0.25) is 0 Å². The summed E-state index contributed by atoms with van der Waals surface area (Å²) in [7, 11) is 0. The van der Waals surface area contributed by atoms with E-state index in [0.29, 0.717) is 11.3 Å². The third kappa shape index (κ3) is 3.13. The van der Waals surface area contributed by atoms with Gasteiger partial charge in [0, 0.05) is 22.8 Å². The number of aromatic nitrogens is 1. The van der Waals surface area contributed by atoms with Crippen molar-refractivity contribution in [2.24, 2.45) is 10.8 Å². The number of nitrogens with two attached hydrogens (primary N) is 1. The summed E-state index contributed by atoms with van der Waals surface area (Å²) in [5, 5.41) is 16.2. The van der Waals surface area contributed by atoms with E-state index in [-0.39, 0.29) is 17.1 Å². The predicted octanol–water partition coefficient (Wildman–Crippen LogP) is 2.48. The molecular weight excluding hydrogens is 340 g/mol. The highest BCUT2D eigenvalue weighted by atomic mass is 16.2. The molecule has 0 saturated heterocycles. The third-order valence-electron chi connectivity index (χ3n) is 4.18. The first-order valence-electron chi connectivity index (χ1n) is 8.28. The van der Waals surface area contributed by atoms with Crippen LogP contribution in [0.4, 0.5) is 5.69 Å². The number of carbonyl (C=O) groups is 1. The third-order valence-corrected chi connectivity index (χ3v) is 4.18. The SMILES string of the molecule is N=C1C(=O)NN=C(N)/C1=C(/Nc1ccccc1)c1cnc2ccccc2c1. The topological polar surface area (TPSA) is 116 Å². The molecule has 1 aliphatic rings. The monoisotopic (exact) mass is 356 g/mol. The van der Waals surface area contributed by atoms with Gasteiger partial charge in [0.2, 0.25) is 0 Å². The number of fused-ring (bicyclic) bond motifs is 1. The standard InChI is InChI=1S/C20H16N6O/c21-17-16(19(22)25-26-20(17)27)18(24-14-7-2-1-3-8-14)13-10-12-6-4-5-9-15(12)23-11-13/h1-11,21,24H,(H2,22,25)(H,26,27)/b18-16+,21-17?. The fourth-order valence-corrected chi connectivity index (χ4v) is 2.87. The average molecular weight is 356 g/mol. The molecule has 0 radical (unpaired) electrons. The summed E-state index contributed by atoms with van der Waals surface area (Å²) in [5.41, 5.74) is 11.1. The molecule has 27 heavy (non-hydrogen) atoms. The largest absolute Gasteiger partial charge is 0.382 e. The molecule has 0 fully saturated rings. The Labute approximate surface area is 155 Å². The number of hydrazone groups is 1. The molecule has 3 aromatic rings. The van der Waals surface area contributed by atoms with Crippen LogP contribution in [-0.4, -0.2) is 22.4 Å². The van der Waals surface area contributed by atoms with Gasteiger partial charge in [0.05, 0.1) is 16.8 Å². The molecule has 0 saturated carbocycles. The second kappa shape index (κ2) is 6.72. The maximum atomic E-state index is 12.0. The molecular formula is C20H16N6O. The summed E-state index contributed by atoms with van der Waals surface area (Å²) in [6, 6.07) is 19.1. The highest BCUT2D eigenvalue weighted by Gasteiger charge is 2.27. The Morgan fingerprint density at radius 1 is 1.07 bits per heavy atom. The second-order valence-electron chi connectivity index (χ2n) is 5.97. The van der Waals surface area contributed by atoms with Gasteiger partial charge >= 0.3 is 0 Å². The Morgan fingerprint density at radius 2 is 1.81 bits per heavy atom. The highest BCUT2D eigenvalue weighted by molar-refractivity contribution is 6.53. The minimum absolute atomic E-state index is 0.0613. The zero-order valence-electron chi connectivity index (χ0n) is 14.2. The molecule has 2 aromatic carbocycles. The quantitative estimate of drug-likeness (QED) is 0.577. The lowest BCUT2D eigenvalue weighted by Gasteiger charge is -2.20. The van der Waals surface area contributed by atoms with Crippen LogP contribution in [0.1, 0.15) is 5.56 Å². The highest BCUT2D eigenvalue weighted by Crippen LogP contribution is 2.26. The van der Waals surface area contributed by atoms with Gasteiger partial charge in [0.15, 0.2) is 5.84 Å². The summed E-state index contributed by atoms with van der Waals surface area (Å²) < 4.78 is 0. The number of hydrogen-bond donors (Lipinski definition) is 4. The van der Waals surface area contributed by atoms with Crippen LogP contribution in [0.5, 0.6) is 0 Å². The number of nitrogens with zero attached hydrogens (tertiary/aromatic N) is 2. The Morgan fingerprint density at radius 3 is 2.63 bits per heavy atom. The van der Waals surface area contributed by atoms with Gasteiger partial charge in [0.1, 0.15) is 5.71 Å². The van der Waals surface area contributed by atoms with Crippen molar-refractivity contribution >= 4 is 39.7 Å². The molecule has 2 heterocycles. The molecule has 7 heteroatoms. The van der Waals surface area contributed by atoms with Crippen LogP contribution >= 0.6 is 0 Å². The molecule has 7 nitrogen and oxygen atoms in total. The van der Waals surface area contributed by atoms with E-state index in [1.165, 1.54) is 0 Å². The van der Waals surface area contributed by atoms with E-state index in [1.54, 1.807) is 6.20 Å². The van der Waals surface area contributed by atoms with Crippen molar-refractivity contribution in [3.63, 3.8) is 0 Å². The molecule has 132 valence electrons. The first-order valence-corrected chi connectivity index (χ1v) is 8.28. The predicted molar refractivity (Wildman–Crippen MR) is 106 cm³/mol. The maximum absolute atomic E-state index is 12.0. The van der Waals surface area contributed by atoms with Crippen LogP contribution in [0, 0.1) is 5.41 Å². The summed E-state index contributed by atoms with van der Waals surface area (Å²) in [4.78, 5) is 16.5. The number of carbonyl (C=O) groups excluding carboxylic acids is 1. The molecule has 4 rings (SSSR count). The van der Waals surface area contributed by atoms with Crippen molar-refractivity contribution in [2.75, 3.05) is 5.32 Å². The number of para-hydroxylation sites is 2. The van der Waals surface area contributed by atoms with E-state index in [9.17, 15) is 4.79 Å². The van der Waals surface area contributed by atoms with Crippen molar-refractivity contribution < 1.29 is 4.79 Å². The normalized spacial score (nSPS) is 15.9. The van der Waals surface area contributed by atoms with E-state index in [1.807, 2.05) is 60.7 Å². The Balaban J connectivity index is 1.93. The summed E-state index contributed by atoms with van der Waals surface area (Å²) in [5.74, 6) is -0.550. The van der Waals surface area contributed by atoms with Crippen molar-refractivity contribution in [2.45, 2.75) is 0 Å². The van der Waals surface area contributed by atoms with Crippen molar-refractivity contribution in [1.82, 2.24) is 10.4 Å². The van der Waals surface area contributed by atoms with Gasteiger partial charge in [-0.15, -0.1) is 0 Å². The van der Waals surface area contributed by atoms with Crippen molar-refractivity contribution in [3.05, 3.63) is 78.0 Å².